The van der Waals surface area contributed by atoms with Crippen molar-refractivity contribution in [2.24, 2.45) is 10.7 Å². The lowest BCUT2D eigenvalue weighted by Gasteiger charge is -2.07. The lowest BCUT2D eigenvalue weighted by atomic mass is 10.1. The normalized spacial score (nSPS) is 11.5. The van der Waals surface area contributed by atoms with Gasteiger partial charge in [-0.05, 0) is 47.9 Å². The second kappa shape index (κ2) is 7.46. The van der Waals surface area contributed by atoms with Gasteiger partial charge in [-0.15, -0.1) is 0 Å². The Morgan fingerprint density at radius 1 is 1.12 bits per heavy atom. The van der Waals surface area contributed by atoms with Gasteiger partial charge in [0, 0.05) is 18.1 Å². The molecule has 24 heavy (non-hydrogen) atoms. The van der Waals surface area contributed by atoms with Crippen LogP contribution in [0.15, 0.2) is 72.0 Å². The average molecular weight is 319 g/mol. The van der Waals surface area contributed by atoms with Gasteiger partial charge in [0.05, 0.1) is 12.2 Å². The highest BCUT2D eigenvalue weighted by atomic mass is 15.3. The van der Waals surface area contributed by atoms with Gasteiger partial charge < -0.3 is 11.1 Å². The summed E-state index contributed by atoms with van der Waals surface area (Å²) in [5.41, 5.74) is 10.3. The van der Waals surface area contributed by atoms with E-state index in [9.17, 15) is 0 Å². The molecule has 2 aromatic carbocycles. The Morgan fingerprint density at radius 2 is 1.96 bits per heavy atom. The number of aromatic nitrogens is 2. The number of benzene rings is 2. The van der Waals surface area contributed by atoms with Crippen LogP contribution in [0.4, 0.5) is 5.69 Å². The molecule has 3 aromatic rings. The maximum atomic E-state index is 5.98. The van der Waals surface area contributed by atoms with Gasteiger partial charge in [0.1, 0.15) is 0 Å². The minimum Gasteiger partial charge on any atom is -0.370 e. The Balaban J connectivity index is 1.62. The zero-order chi connectivity index (χ0) is 16.8. The van der Waals surface area contributed by atoms with Gasteiger partial charge in [-0.25, -0.2) is 9.67 Å². The molecular weight excluding hydrogens is 298 g/mol. The number of nitrogens with one attached hydrogen (secondary N) is 1. The summed E-state index contributed by atoms with van der Waals surface area (Å²) in [6.07, 6.45) is 4.67. The smallest absolute Gasteiger partial charge is 0.193 e. The van der Waals surface area contributed by atoms with Gasteiger partial charge in [-0.1, -0.05) is 31.2 Å². The first-order chi connectivity index (χ1) is 11.7. The second-order valence-electron chi connectivity index (χ2n) is 5.50. The monoisotopic (exact) mass is 319 g/mol. The summed E-state index contributed by atoms with van der Waals surface area (Å²) in [5, 5.41) is 7.34. The number of nitrogens with zero attached hydrogens (tertiary/aromatic N) is 3. The Morgan fingerprint density at radius 3 is 2.67 bits per heavy atom. The molecule has 3 N–H and O–H groups in total. The third-order valence-corrected chi connectivity index (χ3v) is 3.74. The predicted molar refractivity (Wildman–Crippen MR) is 98.3 cm³/mol. The fourth-order valence-electron chi connectivity index (χ4n) is 2.41. The zero-order valence-electron chi connectivity index (χ0n) is 13.7. The van der Waals surface area contributed by atoms with Crippen LogP contribution in [0.3, 0.4) is 0 Å². The van der Waals surface area contributed by atoms with Gasteiger partial charge in [-0.2, -0.15) is 5.10 Å². The predicted octanol–water partition coefficient (Wildman–Crippen LogP) is 3.36. The van der Waals surface area contributed by atoms with E-state index in [0.717, 1.165) is 23.4 Å². The lowest BCUT2D eigenvalue weighted by Crippen LogP contribution is -2.22. The molecule has 1 aromatic heterocycles. The highest BCUT2D eigenvalue weighted by molar-refractivity contribution is 5.92. The number of nitrogens with two attached hydrogens (primary N) is 1. The average Bonchev–Trinajstić information content (AvgIpc) is 3.15. The molecule has 3 rings (SSSR count). The van der Waals surface area contributed by atoms with Crippen LogP contribution in [-0.4, -0.2) is 15.7 Å². The van der Waals surface area contributed by atoms with Gasteiger partial charge >= 0.3 is 0 Å². The molecule has 0 atom stereocenters. The first kappa shape index (κ1) is 15.8. The molecule has 0 saturated carbocycles. The fraction of sp³-hybridized carbons (Fsp3) is 0.158. The number of hydrogen-bond acceptors (Lipinski definition) is 2. The van der Waals surface area contributed by atoms with Gasteiger partial charge in [0.25, 0.3) is 0 Å². The summed E-state index contributed by atoms with van der Waals surface area (Å²) in [7, 11) is 0. The second-order valence-corrected chi connectivity index (χ2v) is 5.50. The van der Waals surface area contributed by atoms with Crippen LogP contribution < -0.4 is 11.1 Å². The fourth-order valence-corrected chi connectivity index (χ4v) is 2.41. The molecule has 0 amide bonds. The Bertz CT molecular complexity index is 804. The molecule has 0 aliphatic carbocycles. The van der Waals surface area contributed by atoms with Crippen molar-refractivity contribution >= 4 is 11.6 Å². The Labute approximate surface area is 141 Å². The molecule has 0 saturated heterocycles. The summed E-state index contributed by atoms with van der Waals surface area (Å²) in [6, 6.07) is 18.2. The number of guanidine groups is 1. The number of aliphatic imine (C=N–C) groups is 1. The molecule has 122 valence electrons. The molecule has 0 bridgehead atoms. The highest BCUT2D eigenvalue weighted by Gasteiger charge is 1.99. The standard InChI is InChI=1S/C19H21N5/c1-2-15-5-3-6-17(13-15)23-19(20)21-14-16-7-9-18(10-8-16)24-12-4-11-22-24/h3-13H,2,14H2,1H3,(H3,20,21,23). The molecule has 0 spiro atoms. The molecule has 0 fully saturated rings. The van der Waals surface area contributed by atoms with E-state index < -0.39 is 0 Å². The van der Waals surface area contributed by atoms with Crippen LogP contribution in [0.2, 0.25) is 0 Å². The van der Waals surface area contributed by atoms with E-state index in [2.05, 4.69) is 34.5 Å². The van der Waals surface area contributed by atoms with Crippen molar-refractivity contribution in [3.05, 3.63) is 78.1 Å². The summed E-state index contributed by atoms with van der Waals surface area (Å²) in [5.74, 6) is 0.416. The summed E-state index contributed by atoms with van der Waals surface area (Å²) in [4.78, 5) is 4.40. The third-order valence-electron chi connectivity index (χ3n) is 3.74. The Hall–Kier alpha value is -3.08. The molecule has 1 heterocycles. The van der Waals surface area contributed by atoms with Crippen molar-refractivity contribution in [1.82, 2.24) is 9.78 Å². The van der Waals surface area contributed by atoms with E-state index in [-0.39, 0.29) is 0 Å². The molecular formula is C19H21N5. The SMILES string of the molecule is CCc1cccc(NC(N)=NCc2ccc(-n3cccn3)cc2)c1. The molecule has 0 radical (unpaired) electrons. The van der Waals surface area contributed by atoms with Crippen molar-refractivity contribution in [2.75, 3.05) is 5.32 Å². The van der Waals surface area contributed by atoms with Crippen LogP contribution in [-0.2, 0) is 13.0 Å². The quantitative estimate of drug-likeness (QED) is 0.560. The largest absolute Gasteiger partial charge is 0.370 e. The van der Waals surface area contributed by atoms with Crippen molar-refractivity contribution < 1.29 is 0 Å². The number of hydrogen-bond donors (Lipinski definition) is 2. The van der Waals surface area contributed by atoms with Gasteiger partial charge in [0.2, 0.25) is 0 Å². The van der Waals surface area contributed by atoms with Crippen LogP contribution in [0, 0.1) is 0 Å². The van der Waals surface area contributed by atoms with Crippen molar-refractivity contribution in [3.63, 3.8) is 0 Å². The van der Waals surface area contributed by atoms with Crippen LogP contribution in [0.1, 0.15) is 18.1 Å². The molecule has 5 nitrogen and oxygen atoms in total. The minimum absolute atomic E-state index is 0.416. The maximum Gasteiger partial charge on any atom is 0.193 e. The van der Waals surface area contributed by atoms with E-state index >= 15 is 0 Å². The summed E-state index contributed by atoms with van der Waals surface area (Å²) >= 11 is 0. The number of aryl methyl sites for hydroxylation is 1. The van der Waals surface area contributed by atoms with E-state index in [4.69, 9.17) is 5.73 Å². The zero-order valence-corrected chi connectivity index (χ0v) is 13.7. The topological polar surface area (TPSA) is 68.2 Å². The highest BCUT2D eigenvalue weighted by Crippen LogP contribution is 2.12. The van der Waals surface area contributed by atoms with E-state index in [1.165, 1.54) is 5.56 Å². The van der Waals surface area contributed by atoms with E-state index in [1.54, 1.807) is 6.20 Å². The van der Waals surface area contributed by atoms with E-state index in [0.29, 0.717) is 12.5 Å². The van der Waals surface area contributed by atoms with Gasteiger partial charge in [-0.3, -0.25) is 0 Å². The number of rotatable bonds is 5. The van der Waals surface area contributed by atoms with E-state index in [1.807, 2.05) is 53.3 Å². The Kier molecular flexibility index (Phi) is 4.91. The van der Waals surface area contributed by atoms with Crippen molar-refractivity contribution in [1.29, 1.82) is 0 Å². The summed E-state index contributed by atoms with van der Waals surface area (Å²) < 4.78 is 1.82. The first-order valence-corrected chi connectivity index (χ1v) is 7.99. The van der Waals surface area contributed by atoms with Crippen molar-refractivity contribution in [3.8, 4) is 5.69 Å². The summed E-state index contributed by atoms with van der Waals surface area (Å²) in [6.45, 7) is 2.66. The van der Waals surface area contributed by atoms with Crippen LogP contribution >= 0.6 is 0 Å². The maximum absolute atomic E-state index is 5.98. The molecule has 0 aliphatic rings. The van der Waals surface area contributed by atoms with Gasteiger partial charge in [0.15, 0.2) is 5.96 Å². The first-order valence-electron chi connectivity index (χ1n) is 7.99. The molecule has 0 unspecified atom stereocenters. The van der Waals surface area contributed by atoms with Crippen molar-refractivity contribution in [2.45, 2.75) is 19.9 Å². The lowest BCUT2D eigenvalue weighted by molar-refractivity contribution is 0.878. The third kappa shape index (κ3) is 4.01. The minimum atomic E-state index is 0.416. The van der Waals surface area contributed by atoms with Crippen LogP contribution in [0.25, 0.3) is 5.69 Å². The van der Waals surface area contributed by atoms with Crippen LogP contribution in [0.5, 0.6) is 0 Å². The molecule has 0 aliphatic heterocycles. The number of anilines is 1. The molecule has 5 heteroatoms.